The first-order chi connectivity index (χ1) is 17.5. The highest BCUT2D eigenvalue weighted by atomic mass is 32.1. The maximum Gasteiger partial charge on any atom is 0.337 e. The molecule has 0 spiro atoms. The highest BCUT2D eigenvalue weighted by Gasteiger charge is 2.42. The molecular weight excluding hydrogens is 477 g/mol. The Balaban J connectivity index is 1.49. The predicted octanol–water partition coefficient (Wildman–Crippen LogP) is 6.00. The Labute approximate surface area is 213 Å². The van der Waals surface area contributed by atoms with Crippen molar-refractivity contribution in [2.75, 3.05) is 7.11 Å². The average molecular weight is 504 g/mol. The smallest absolute Gasteiger partial charge is 0.337 e. The largest absolute Gasteiger partial charge is 0.497 e. The van der Waals surface area contributed by atoms with Crippen molar-refractivity contribution in [3.63, 3.8) is 0 Å². The molecular formula is C29H26FNO4S. The number of nitrogens with one attached hydrogen (secondary N) is 1. The zero-order valence-corrected chi connectivity index (χ0v) is 20.9. The fourth-order valence-electron chi connectivity index (χ4n) is 5.00. The second-order valence-corrected chi connectivity index (χ2v) is 9.96. The van der Waals surface area contributed by atoms with Crippen LogP contribution in [0.2, 0.25) is 0 Å². The van der Waals surface area contributed by atoms with Gasteiger partial charge in [-0.3, -0.25) is 4.79 Å². The third-order valence-electron chi connectivity index (χ3n) is 6.74. The van der Waals surface area contributed by atoms with Crippen LogP contribution in [0.1, 0.15) is 47.6 Å². The molecule has 184 valence electrons. The summed E-state index contributed by atoms with van der Waals surface area (Å²) < 4.78 is 25.9. The Morgan fingerprint density at radius 1 is 1.08 bits per heavy atom. The Kier molecular flexibility index (Phi) is 6.74. The van der Waals surface area contributed by atoms with Crippen LogP contribution in [-0.4, -0.2) is 18.9 Å². The lowest BCUT2D eigenvalue weighted by molar-refractivity contribution is -0.140. The number of ether oxygens (including phenoxy) is 2. The second kappa shape index (κ2) is 10.1. The molecule has 0 bridgehead atoms. The van der Waals surface area contributed by atoms with Gasteiger partial charge in [0.1, 0.15) is 18.2 Å². The number of esters is 1. The van der Waals surface area contributed by atoms with Gasteiger partial charge in [0, 0.05) is 39.7 Å². The second-order valence-electron chi connectivity index (χ2n) is 8.98. The zero-order chi connectivity index (χ0) is 25.2. The molecule has 0 unspecified atom stereocenters. The molecule has 0 radical (unpaired) electrons. The quantitative estimate of drug-likeness (QED) is 0.418. The first-order valence-electron chi connectivity index (χ1n) is 11.8. The van der Waals surface area contributed by atoms with Gasteiger partial charge in [0.2, 0.25) is 0 Å². The van der Waals surface area contributed by atoms with E-state index in [1.165, 1.54) is 6.07 Å². The number of dihydropyridines is 1. The summed E-state index contributed by atoms with van der Waals surface area (Å²) in [5, 5.41) is 5.31. The van der Waals surface area contributed by atoms with E-state index in [1.54, 1.807) is 55.7 Å². The van der Waals surface area contributed by atoms with E-state index in [4.69, 9.17) is 9.47 Å². The third-order valence-corrected chi connectivity index (χ3v) is 7.77. The van der Waals surface area contributed by atoms with Crippen LogP contribution in [0.15, 0.2) is 88.6 Å². The molecule has 0 saturated carbocycles. The number of hydrogen-bond donors (Lipinski definition) is 1. The monoisotopic (exact) mass is 503 g/mol. The number of methoxy groups -OCH3 is 1. The summed E-state index contributed by atoms with van der Waals surface area (Å²) in [5.41, 5.74) is 3.12. The van der Waals surface area contributed by atoms with E-state index in [9.17, 15) is 9.59 Å². The lowest BCUT2D eigenvalue weighted by Gasteiger charge is -2.36. The van der Waals surface area contributed by atoms with Crippen LogP contribution in [-0.2, 0) is 20.9 Å². The maximum atomic E-state index is 15.1. The van der Waals surface area contributed by atoms with E-state index in [2.05, 4.69) is 5.32 Å². The van der Waals surface area contributed by atoms with Crippen LogP contribution in [0.5, 0.6) is 5.75 Å². The van der Waals surface area contributed by atoms with Gasteiger partial charge in [-0.2, -0.15) is 0 Å². The van der Waals surface area contributed by atoms with Crippen molar-refractivity contribution in [1.29, 1.82) is 0 Å². The van der Waals surface area contributed by atoms with E-state index >= 15 is 4.39 Å². The molecule has 2 aromatic carbocycles. The third kappa shape index (κ3) is 4.58. The van der Waals surface area contributed by atoms with E-state index in [1.807, 2.05) is 29.6 Å². The van der Waals surface area contributed by atoms with E-state index in [0.717, 1.165) is 16.1 Å². The Morgan fingerprint density at radius 3 is 2.56 bits per heavy atom. The van der Waals surface area contributed by atoms with Crippen molar-refractivity contribution in [2.24, 2.45) is 0 Å². The van der Waals surface area contributed by atoms with E-state index in [-0.39, 0.29) is 23.9 Å². The number of halogens is 1. The number of hydrogen-bond acceptors (Lipinski definition) is 6. The molecule has 5 rings (SSSR count). The number of allylic oxidation sites excluding steroid dienone is 3. The van der Waals surface area contributed by atoms with Crippen LogP contribution >= 0.6 is 11.3 Å². The number of Topliss-reactive ketones (excluding diaryl/α,β-unsaturated/α-hetero) is 1. The van der Waals surface area contributed by atoms with Gasteiger partial charge in [0.15, 0.2) is 5.78 Å². The van der Waals surface area contributed by atoms with Crippen molar-refractivity contribution in [3.8, 4) is 5.75 Å². The molecule has 0 fully saturated rings. The molecule has 1 N–H and O–H groups in total. The number of carbonyl (C=O) groups is 2. The van der Waals surface area contributed by atoms with Crippen molar-refractivity contribution >= 4 is 23.1 Å². The van der Waals surface area contributed by atoms with Crippen molar-refractivity contribution in [2.45, 2.75) is 38.2 Å². The Bertz CT molecular complexity index is 1360. The fraction of sp³-hybridized carbons (Fsp3) is 0.241. The lowest BCUT2D eigenvalue weighted by Crippen LogP contribution is -2.36. The Morgan fingerprint density at radius 2 is 1.86 bits per heavy atom. The molecule has 0 amide bonds. The molecule has 5 nitrogen and oxygen atoms in total. The first-order valence-corrected chi connectivity index (χ1v) is 12.7. The Hall–Kier alpha value is -3.71. The fourth-order valence-corrected chi connectivity index (χ4v) is 5.83. The summed E-state index contributed by atoms with van der Waals surface area (Å²) in [6, 6.07) is 17.5. The highest BCUT2D eigenvalue weighted by molar-refractivity contribution is 7.10. The molecule has 3 aromatic rings. The average Bonchev–Trinajstić information content (AvgIpc) is 3.42. The van der Waals surface area contributed by atoms with Gasteiger partial charge in [-0.15, -0.1) is 11.3 Å². The van der Waals surface area contributed by atoms with Crippen LogP contribution in [0, 0.1) is 5.82 Å². The van der Waals surface area contributed by atoms with Crippen molar-refractivity contribution in [1.82, 2.24) is 5.32 Å². The topological polar surface area (TPSA) is 64.6 Å². The lowest BCUT2D eigenvalue weighted by atomic mass is 9.72. The van der Waals surface area contributed by atoms with Gasteiger partial charge in [-0.25, -0.2) is 9.18 Å². The molecule has 1 aliphatic heterocycles. The summed E-state index contributed by atoms with van der Waals surface area (Å²) in [5.74, 6) is -1.19. The van der Waals surface area contributed by atoms with Gasteiger partial charge in [0.25, 0.3) is 0 Å². The zero-order valence-electron chi connectivity index (χ0n) is 20.0. The normalized spacial score (nSPS) is 19.6. The maximum absolute atomic E-state index is 15.1. The predicted molar refractivity (Wildman–Crippen MR) is 136 cm³/mol. The highest BCUT2D eigenvalue weighted by Crippen LogP contribution is 2.46. The van der Waals surface area contributed by atoms with Crippen LogP contribution in [0.3, 0.4) is 0 Å². The van der Waals surface area contributed by atoms with Crippen LogP contribution in [0.4, 0.5) is 4.39 Å². The van der Waals surface area contributed by atoms with Crippen LogP contribution < -0.4 is 10.1 Å². The molecule has 7 heteroatoms. The molecule has 36 heavy (non-hydrogen) atoms. The summed E-state index contributed by atoms with van der Waals surface area (Å²) in [6.07, 6.45) is 0.942. The standard InChI is InChI=1S/C29H26FNO4S/c1-17-26(29(33)35-16-18-9-11-20(34-2)12-10-18)27(21-6-3-4-7-22(21)30)28-23(31-17)14-19(15-24(28)32)25-8-5-13-36-25/h3-13,19,27,31H,14-16H2,1-2H3/t19-,27-/m0/s1. The first kappa shape index (κ1) is 24.0. The minimum atomic E-state index is -0.831. The molecule has 2 heterocycles. The number of thiophene rings is 1. The van der Waals surface area contributed by atoms with Gasteiger partial charge in [-0.1, -0.05) is 36.4 Å². The molecule has 1 aliphatic carbocycles. The summed E-state index contributed by atoms with van der Waals surface area (Å²) >= 11 is 1.63. The number of ketones is 1. The van der Waals surface area contributed by atoms with Crippen molar-refractivity contribution in [3.05, 3.63) is 110 Å². The van der Waals surface area contributed by atoms with Gasteiger partial charge < -0.3 is 14.8 Å². The molecule has 2 aliphatic rings. The summed E-state index contributed by atoms with van der Waals surface area (Å²) in [7, 11) is 1.58. The number of carbonyl (C=O) groups excluding carboxylic acids is 2. The van der Waals surface area contributed by atoms with Gasteiger partial charge >= 0.3 is 5.97 Å². The number of benzene rings is 2. The summed E-state index contributed by atoms with van der Waals surface area (Å²) in [6.45, 7) is 1.82. The van der Waals surface area contributed by atoms with E-state index in [0.29, 0.717) is 35.4 Å². The minimum absolute atomic E-state index is 0.0455. The molecule has 2 atom stereocenters. The van der Waals surface area contributed by atoms with Crippen molar-refractivity contribution < 1.29 is 23.5 Å². The summed E-state index contributed by atoms with van der Waals surface area (Å²) in [4.78, 5) is 28.1. The molecule has 1 aromatic heterocycles. The minimum Gasteiger partial charge on any atom is -0.497 e. The van der Waals surface area contributed by atoms with Gasteiger partial charge in [-0.05, 0) is 48.6 Å². The van der Waals surface area contributed by atoms with Gasteiger partial charge in [0.05, 0.1) is 18.6 Å². The van der Waals surface area contributed by atoms with E-state index < -0.39 is 17.7 Å². The SMILES string of the molecule is COc1ccc(COC(=O)C2=C(C)NC3=C(C(=O)C[C@@H](c4cccs4)C3)[C@H]2c2ccccc2F)cc1. The molecule has 0 saturated heterocycles. The van der Waals surface area contributed by atoms with Crippen LogP contribution in [0.25, 0.3) is 0 Å². The number of rotatable bonds is 6.